The molecule has 5 heteroatoms. The van der Waals surface area contributed by atoms with E-state index >= 15 is 0 Å². The fourth-order valence-electron chi connectivity index (χ4n) is 3.79. The lowest BCUT2D eigenvalue weighted by molar-refractivity contribution is 0.0753. The number of nitrogens with zero attached hydrogens (tertiary/aromatic N) is 2. The van der Waals surface area contributed by atoms with Crippen LogP contribution >= 0.6 is 11.6 Å². The molecule has 0 bridgehead atoms. The molecule has 0 spiro atoms. The van der Waals surface area contributed by atoms with Crippen LogP contribution in [0.1, 0.15) is 23.3 Å². The molecule has 2 aliphatic rings. The molecule has 0 unspecified atom stereocenters. The summed E-state index contributed by atoms with van der Waals surface area (Å²) >= 11 is 6.03. The molecular formula is C18H20ClN3O. The summed E-state index contributed by atoms with van der Waals surface area (Å²) in [6.07, 6.45) is 2.17. The van der Waals surface area contributed by atoms with Gasteiger partial charge >= 0.3 is 0 Å². The highest BCUT2D eigenvalue weighted by Crippen LogP contribution is 2.27. The summed E-state index contributed by atoms with van der Waals surface area (Å²) in [6.45, 7) is 3.85. The predicted molar refractivity (Wildman–Crippen MR) is 91.7 cm³/mol. The van der Waals surface area contributed by atoms with Crippen molar-refractivity contribution in [1.29, 1.82) is 0 Å². The van der Waals surface area contributed by atoms with Gasteiger partial charge in [-0.05, 0) is 56.0 Å². The van der Waals surface area contributed by atoms with Gasteiger partial charge in [-0.2, -0.15) is 0 Å². The lowest BCUT2D eigenvalue weighted by atomic mass is 9.92. The Balaban J connectivity index is 1.56. The fourth-order valence-corrected chi connectivity index (χ4v) is 3.96. The Morgan fingerprint density at radius 3 is 2.57 bits per heavy atom. The first kappa shape index (κ1) is 14.9. The predicted octanol–water partition coefficient (Wildman–Crippen LogP) is 2.96. The Bertz CT molecular complexity index is 734. The summed E-state index contributed by atoms with van der Waals surface area (Å²) in [6, 6.07) is 9.36. The first-order chi connectivity index (χ1) is 11.2. The van der Waals surface area contributed by atoms with Crippen LogP contribution in [0.3, 0.4) is 0 Å². The molecule has 2 aliphatic heterocycles. The average Bonchev–Trinajstić information content (AvgIpc) is 2.92. The van der Waals surface area contributed by atoms with Gasteiger partial charge in [0.1, 0.15) is 5.69 Å². The minimum absolute atomic E-state index is 0.0415. The minimum Gasteiger partial charge on any atom is -0.337 e. The lowest BCUT2D eigenvalue weighted by Gasteiger charge is -2.20. The van der Waals surface area contributed by atoms with Crippen LogP contribution in [0.2, 0.25) is 5.02 Å². The van der Waals surface area contributed by atoms with Crippen LogP contribution in [-0.2, 0) is 0 Å². The molecule has 120 valence electrons. The number of benzene rings is 1. The highest BCUT2D eigenvalue weighted by Gasteiger charge is 2.31. The van der Waals surface area contributed by atoms with Crippen molar-refractivity contribution in [3.05, 3.63) is 41.0 Å². The first-order valence-electron chi connectivity index (χ1n) is 8.27. The van der Waals surface area contributed by atoms with E-state index in [1.165, 1.54) is 0 Å². The van der Waals surface area contributed by atoms with Gasteiger partial charge in [-0.25, -0.2) is 4.98 Å². The van der Waals surface area contributed by atoms with Gasteiger partial charge in [-0.1, -0.05) is 23.7 Å². The van der Waals surface area contributed by atoms with Crippen molar-refractivity contribution in [1.82, 2.24) is 15.2 Å². The van der Waals surface area contributed by atoms with Crippen molar-refractivity contribution >= 4 is 28.4 Å². The van der Waals surface area contributed by atoms with E-state index in [4.69, 9.17) is 11.6 Å². The van der Waals surface area contributed by atoms with Gasteiger partial charge in [0.25, 0.3) is 5.91 Å². The minimum atomic E-state index is 0.0415. The monoisotopic (exact) mass is 329 g/mol. The van der Waals surface area contributed by atoms with E-state index in [0.29, 0.717) is 10.7 Å². The van der Waals surface area contributed by atoms with E-state index in [9.17, 15) is 4.79 Å². The summed E-state index contributed by atoms with van der Waals surface area (Å²) in [4.78, 5) is 19.3. The molecule has 1 amide bonds. The van der Waals surface area contributed by atoms with Gasteiger partial charge in [0.2, 0.25) is 0 Å². The van der Waals surface area contributed by atoms with Crippen LogP contribution in [0.5, 0.6) is 0 Å². The number of carbonyl (C=O) groups is 1. The van der Waals surface area contributed by atoms with Crippen LogP contribution in [-0.4, -0.2) is 42.0 Å². The van der Waals surface area contributed by atoms with E-state index in [2.05, 4.69) is 10.3 Å². The molecular weight excluding hydrogens is 310 g/mol. The first-order valence-corrected chi connectivity index (χ1v) is 8.65. The highest BCUT2D eigenvalue weighted by atomic mass is 35.5. The van der Waals surface area contributed by atoms with Gasteiger partial charge in [0, 0.05) is 23.5 Å². The van der Waals surface area contributed by atoms with E-state index < -0.39 is 0 Å². The number of nitrogens with one attached hydrogen (secondary N) is 1. The molecule has 2 atom stereocenters. The van der Waals surface area contributed by atoms with E-state index in [1.807, 2.05) is 35.2 Å². The molecule has 1 aromatic heterocycles. The standard InChI is InChI=1S/C18H20ClN3O/c19-15-3-1-12-2-4-16(21-17(12)9-15)18(23)22-7-5-13-10-20-11-14(13)6-8-22/h1-4,9,13-14,20H,5-8,10-11H2/t13-,14+. The molecule has 1 N–H and O–H groups in total. The van der Waals surface area contributed by atoms with Crippen LogP contribution in [0.4, 0.5) is 0 Å². The summed E-state index contributed by atoms with van der Waals surface area (Å²) in [5.41, 5.74) is 1.30. The Morgan fingerprint density at radius 1 is 1.13 bits per heavy atom. The second kappa shape index (κ2) is 6.10. The van der Waals surface area contributed by atoms with Crippen LogP contribution in [0, 0.1) is 11.8 Å². The SMILES string of the molecule is O=C(c1ccc2ccc(Cl)cc2n1)N1CC[C@@H]2CNC[C@@H]2CC1. The van der Waals surface area contributed by atoms with Gasteiger partial charge in [0.15, 0.2) is 0 Å². The van der Waals surface area contributed by atoms with Gasteiger partial charge in [-0.15, -0.1) is 0 Å². The molecule has 2 aromatic rings. The molecule has 4 rings (SSSR count). The number of aromatic nitrogens is 1. The van der Waals surface area contributed by atoms with Crippen molar-refractivity contribution in [3.8, 4) is 0 Å². The smallest absolute Gasteiger partial charge is 0.272 e. The zero-order chi connectivity index (χ0) is 15.8. The zero-order valence-electron chi connectivity index (χ0n) is 13.0. The van der Waals surface area contributed by atoms with E-state index in [0.717, 1.165) is 61.8 Å². The van der Waals surface area contributed by atoms with Crippen LogP contribution in [0.15, 0.2) is 30.3 Å². The summed E-state index contributed by atoms with van der Waals surface area (Å²) in [7, 11) is 0. The Morgan fingerprint density at radius 2 is 1.83 bits per heavy atom. The number of fused-ring (bicyclic) bond motifs is 2. The maximum atomic E-state index is 12.8. The molecule has 3 heterocycles. The molecule has 0 radical (unpaired) electrons. The number of pyridine rings is 1. The molecule has 23 heavy (non-hydrogen) atoms. The zero-order valence-corrected chi connectivity index (χ0v) is 13.7. The molecule has 2 saturated heterocycles. The molecule has 0 saturated carbocycles. The molecule has 0 aliphatic carbocycles. The quantitative estimate of drug-likeness (QED) is 0.875. The van der Waals surface area contributed by atoms with Crippen molar-refractivity contribution in [2.24, 2.45) is 11.8 Å². The topological polar surface area (TPSA) is 45.2 Å². The lowest BCUT2D eigenvalue weighted by Crippen LogP contribution is -2.33. The second-order valence-electron chi connectivity index (χ2n) is 6.58. The summed E-state index contributed by atoms with van der Waals surface area (Å²) in [5, 5.41) is 5.11. The molecule has 4 nitrogen and oxygen atoms in total. The number of likely N-dealkylation sites (tertiary alicyclic amines) is 1. The maximum absolute atomic E-state index is 12.8. The van der Waals surface area contributed by atoms with Crippen LogP contribution < -0.4 is 5.32 Å². The number of hydrogen-bond donors (Lipinski definition) is 1. The number of amides is 1. The Labute approximate surface area is 140 Å². The molecule has 2 fully saturated rings. The van der Waals surface area contributed by atoms with Crippen LogP contribution in [0.25, 0.3) is 10.9 Å². The third kappa shape index (κ3) is 2.93. The largest absolute Gasteiger partial charge is 0.337 e. The third-order valence-electron chi connectivity index (χ3n) is 5.18. The van der Waals surface area contributed by atoms with Gasteiger partial charge in [0.05, 0.1) is 5.52 Å². The summed E-state index contributed by atoms with van der Waals surface area (Å²) in [5.74, 6) is 1.48. The Kier molecular flexibility index (Phi) is 3.95. The van der Waals surface area contributed by atoms with E-state index in [-0.39, 0.29) is 5.91 Å². The number of carbonyl (C=O) groups excluding carboxylic acids is 1. The van der Waals surface area contributed by atoms with Crippen molar-refractivity contribution in [2.45, 2.75) is 12.8 Å². The third-order valence-corrected chi connectivity index (χ3v) is 5.41. The average molecular weight is 330 g/mol. The summed E-state index contributed by atoms with van der Waals surface area (Å²) < 4.78 is 0. The second-order valence-corrected chi connectivity index (χ2v) is 7.02. The number of hydrogen-bond acceptors (Lipinski definition) is 3. The highest BCUT2D eigenvalue weighted by molar-refractivity contribution is 6.31. The van der Waals surface area contributed by atoms with Gasteiger partial charge in [-0.3, -0.25) is 4.79 Å². The maximum Gasteiger partial charge on any atom is 0.272 e. The molecule has 1 aromatic carbocycles. The number of halogens is 1. The van der Waals surface area contributed by atoms with E-state index in [1.54, 1.807) is 0 Å². The Hall–Kier alpha value is -1.65. The van der Waals surface area contributed by atoms with Crippen molar-refractivity contribution in [3.63, 3.8) is 0 Å². The fraction of sp³-hybridized carbons (Fsp3) is 0.444. The van der Waals surface area contributed by atoms with Crippen molar-refractivity contribution < 1.29 is 4.79 Å². The number of rotatable bonds is 1. The normalized spacial score (nSPS) is 24.5. The van der Waals surface area contributed by atoms with Gasteiger partial charge < -0.3 is 10.2 Å². The van der Waals surface area contributed by atoms with Crippen molar-refractivity contribution in [2.75, 3.05) is 26.2 Å².